The highest BCUT2D eigenvalue weighted by molar-refractivity contribution is 6.34. The highest BCUT2D eigenvalue weighted by Crippen LogP contribution is 2.30. The molecule has 0 aliphatic heterocycles. The second kappa shape index (κ2) is 8.82. The van der Waals surface area contributed by atoms with Crippen LogP contribution in [0.4, 0.5) is 11.5 Å². The SMILES string of the molecule is CN(c1ccc(Cl)c(C(=O)NCC2(O)CCCCC2)c1)c1cc(Cl)nc(Cl)n1. The lowest BCUT2D eigenvalue weighted by atomic mass is 9.85. The molecule has 1 fully saturated rings. The van der Waals surface area contributed by atoms with Gasteiger partial charge in [0.2, 0.25) is 5.28 Å². The van der Waals surface area contributed by atoms with Crippen LogP contribution in [0.3, 0.4) is 0 Å². The molecule has 1 amide bonds. The van der Waals surface area contributed by atoms with Gasteiger partial charge in [0.25, 0.3) is 5.91 Å². The van der Waals surface area contributed by atoms with E-state index in [4.69, 9.17) is 34.8 Å². The molecule has 1 aromatic carbocycles. The number of hydrogen-bond donors (Lipinski definition) is 2. The smallest absolute Gasteiger partial charge is 0.252 e. The maximum atomic E-state index is 12.7. The van der Waals surface area contributed by atoms with Crippen LogP contribution < -0.4 is 10.2 Å². The summed E-state index contributed by atoms with van der Waals surface area (Å²) >= 11 is 18.1. The lowest BCUT2D eigenvalue weighted by Crippen LogP contribution is -2.44. The van der Waals surface area contributed by atoms with Crippen molar-refractivity contribution in [3.05, 3.63) is 45.3 Å². The van der Waals surface area contributed by atoms with E-state index in [-0.39, 0.29) is 22.9 Å². The Morgan fingerprint density at radius 1 is 1.18 bits per heavy atom. The van der Waals surface area contributed by atoms with E-state index in [0.717, 1.165) is 19.3 Å². The molecule has 28 heavy (non-hydrogen) atoms. The second-order valence-corrected chi connectivity index (χ2v) is 8.14. The van der Waals surface area contributed by atoms with Crippen molar-refractivity contribution >= 4 is 52.2 Å². The van der Waals surface area contributed by atoms with Crippen LogP contribution in [0.25, 0.3) is 0 Å². The summed E-state index contributed by atoms with van der Waals surface area (Å²) in [7, 11) is 1.77. The number of amides is 1. The summed E-state index contributed by atoms with van der Waals surface area (Å²) in [6.45, 7) is 0.208. The quantitative estimate of drug-likeness (QED) is 0.520. The van der Waals surface area contributed by atoms with Crippen molar-refractivity contribution in [3.63, 3.8) is 0 Å². The Morgan fingerprint density at radius 2 is 1.89 bits per heavy atom. The van der Waals surface area contributed by atoms with Crippen molar-refractivity contribution in [1.82, 2.24) is 15.3 Å². The zero-order valence-corrected chi connectivity index (χ0v) is 17.7. The summed E-state index contributed by atoms with van der Waals surface area (Å²) in [5.74, 6) is 0.146. The van der Waals surface area contributed by atoms with Crippen molar-refractivity contribution in [2.45, 2.75) is 37.7 Å². The summed E-state index contributed by atoms with van der Waals surface area (Å²) in [4.78, 5) is 22.4. The molecule has 1 aromatic heterocycles. The van der Waals surface area contributed by atoms with E-state index in [2.05, 4.69) is 15.3 Å². The van der Waals surface area contributed by atoms with Gasteiger partial charge < -0.3 is 15.3 Å². The number of anilines is 2. The highest BCUT2D eigenvalue weighted by atomic mass is 35.5. The first-order valence-corrected chi connectivity index (χ1v) is 10.1. The van der Waals surface area contributed by atoms with Crippen molar-refractivity contribution < 1.29 is 9.90 Å². The molecule has 150 valence electrons. The Balaban J connectivity index is 1.77. The summed E-state index contributed by atoms with van der Waals surface area (Å²) in [5.41, 5.74) is 0.150. The Kier molecular flexibility index (Phi) is 6.65. The molecule has 3 rings (SSSR count). The molecular weight excluding hydrogens is 423 g/mol. The van der Waals surface area contributed by atoms with Crippen molar-refractivity contribution in [2.75, 3.05) is 18.5 Å². The molecule has 1 heterocycles. The van der Waals surface area contributed by atoms with Crippen LogP contribution in [-0.4, -0.2) is 40.2 Å². The first-order chi connectivity index (χ1) is 13.3. The number of rotatable bonds is 5. The maximum Gasteiger partial charge on any atom is 0.252 e. The van der Waals surface area contributed by atoms with E-state index in [0.29, 0.717) is 34.9 Å². The predicted molar refractivity (Wildman–Crippen MR) is 112 cm³/mol. The van der Waals surface area contributed by atoms with E-state index < -0.39 is 5.60 Å². The van der Waals surface area contributed by atoms with E-state index in [9.17, 15) is 9.90 Å². The van der Waals surface area contributed by atoms with Crippen LogP contribution in [0.15, 0.2) is 24.3 Å². The first kappa shape index (κ1) is 21.1. The van der Waals surface area contributed by atoms with E-state index in [1.807, 2.05) is 0 Å². The molecule has 1 aliphatic carbocycles. The molecule has 9 heteroatoms. The van der Waals surface area contributed by atoms with Crippen molar-refractivity contribution in [1.29, 1.82) is 0 Å². The monoisotopic (exact) mass is 442 g/mol. The largest absolute Gasteiger partial charge is 0.388 e. The van der Waals surface area contributed by atoms with Crippen LogP contribution in [0.1, 0.15) is 42.5 Å². The molecule has 0 saturated heterocycles. The lowest BCUT2D eigenvalue weighted by molar-refractivity contribution is 0.00526. The van der Waals surface area contributed by atoms with E-state index >= 15 is 0 Å². The summed E-state index contributed by atoms with van der Waals surface area (Å²) in [6.07, 6.45) is 4.44. The predicted octanol–water partition coefficient (Wildman–Crippen LogP) is 4.63. The Morgan fingerprint density at radius 3 is 2.57 bits per heavy atom. The molecule has 0 radical (unpaired) electrons. The van der Waals surface area contributed by atoms with Gasteiger partial charge >= 0.3 is 0 Å². The van der Waals surface area contributed by atoms with Crippen LogP contribution in [0.5, 0.6) is 0 Å². The number of aliphatic hydroxyl groups is 1. The third kappa shape index (κ3) is 5.06. The van der Waals surface area contributed by atoms with Gasteiger partial charge in [0.05, 0.1) is 16.2 Å². The maximum absolute atomic E-state index is 12.7. The molecule has 1 saturated carbocycles. The second-order valence-electron chi connectivity index (χ2n) is 7.01. The number of carbonyl (C=O) groups excluding carboxylic acids is 1. The minimum absolute atomic E-state index is 0.0296. The number of carbonyl (C=O) groups is 1. The van der Waals surface area contributed by atoms with Crippen LogP contribution in [0.2, 0.25) is 15.5 Å². The zero-order chi connectivity index (χ0) is 20.3. The highest BCUT2D eigenvalue weighted by Gasteiger charge is 2.29. The van der Waals surface area contributed by atoms with Crippen LogP contribution in [-0.2, 0) is 0 Å². The van der Waals surface area contributed by atoms with Gasteiger partial charge in [0.1, 0.15) is 11.0 Å². The molecule has 0 atom stereocenters. The number of nitrogens with zero attached hydrogens (tertiary/aromatic N) is 3. The van der Waals surface area contributed by atoms with Gasteiger partial charge in [-0.05, 0) is 42.6 Å². The minimum Gasteiger partial charge on any atom is -0.388 e. The van der Waals surface area contributed by atoms with Crippen LogP contribution >= 0.6 is 34.8 Å². The fourth-order valence-corrected chi connectivity index (χ4v) is 3.91. The van der Waals surface area contributed by atoms with E-state index in [1.165, 1.54) is 0 Å². The topological polar surface area (TPSA) is 78.4 Å². The molecule has 6 nitrogen and oxygen atoms in total. The lowest BCUT2D eigenvalue weighted by Gasteiger charge is -2.32. The Labute approximate surface area is 178 Å². The zero-order valence-electron chi connectivity index (χ0n) is 15.4. The molecule has 0 unspecified atom stereocenters. The molecule has 2 aromatic rings. The van der Waals surface area contributed by atoms with Gasteiger partial charge in [-0.3, -0.25) is 4.79 Å². The van der Waals surface area contributed by atoms with Crippen molar-refractivity contribution in [2.24, 2.45) is 0 Å². The average molecular weight is 444 g/mol. The van der Waals surface area contributed by atoms with Gasteiger partial charge in [-0.25, -0.2) is 9.97 Å². The average Bonchev–Trinajstić information content (AvgIpc) is 2.66. The van der Waals surface area contributed by atoms with Crippen molar-refractivity contribution in [3.8, 4) is 0 Å². The number of benzene rings is 1. The van der Waals surface area contributed by atoms with Gasteiger partial charge in [0, 0.05) is 25.3 Å². The fourth-order valence-electron chi connectivity index (χ4n) is 3.31. The van der Waals surface area contributed by atoms with Gasteiger partial charge in [-0.2, -0.15) is 0 Å². The molecular formula is C19H21Cl3N4O2. The normalized spacial score (nSPS) is 15.9. The summed E-state index contributed by atoms with van der Waals surface area (Å²) in [5, 5.41) is 14.0. The molecule has 0 spiro atoms. The number of halogens is 3. The molecule has 1 aliphatic rings. The van der Waals surface area contributed by atoms with E-state index in [1.54, 1.807) is 36.2 Å². The number of aromatic nitrogens is 2. The summed E-state index contributed by atoms with van der Waals surface area (Å²) in [6, 6.07) is 6.63. The number of hydrogen-bond acceptors (Lipinski definition) is 5. The third-order valence-corrected chi connectivity index (χ3v) is 5.63. The van der Waals surface area contributed by atoms with Gasteiger partial charge in [-0.15, -0.1) is 0 Å². The summed E-state index contributed by atoms with van der Waals surface area (Å²) < 4.78 is 0. The van der Waals surface area contributed by atoms with Gasteiger partial charge in [0.15, 0.2) is 0 Å². The Bertz CT molecular complexity index is 852. The third-order valence-electron chi connectivity index (χ3n) is 4.94. The first-order valence-electron chi connectivity index (χ1n) is 9.01. The van der Waals surface area contributed by atoms with Gasteiger partial charge in [-0.1, -0.05) is 42.5 Å². The Hall–Kier alpha value is -1.60. The minimum atomic E-state index is -0.844. The van der Waals surface area contributed by atoms with Crippen LogP contribution in [0, 0.1) is 0 Å². The molecule has 0 bridgehead atoms. The fraction of sp³-hybridized carbons (Fsp3) is 0.421. The molecule has 2 N–H and O–H groups in total. The standard InChI is InChI=1S/C19H21Cl3N4O2/c1-26(16-10-15(21)24-18(22)25-16)12-5-6-14(20)13(9-12)17(27)23-11-19(28)7-3-2-4-8-19/h5-6,9-10,28H,2-4,7-8,11H2,1H3,(H,23,27). The number of nitrogens with one attached hydrogen (secondary N) is 1.